The Morgan fingerprint density at radius 2 is 1.67 bits per heavy atom. The third-order valence-electron chi connectivity index (χ3n) is 6.62. The van der Waals surface area contributed by atoms with Crippen molar-refractivity contribution < 1.29 is 14.3 Å². The molecule has 5 nitrogen and oxygen atoms in total. The van der Waals surface area contributed by atoms with Gasteiger partial charge in [0.05, 0.1) is 0 Å². The van der Waals surface area contributed by atoms with E-state index in [0.29, 0.717) is 18.6 Å². The SMILES string of the molecule is O=C1CCCCN1C1CCN(Cc2ccc(C3COc4ccccc4O3)cc2)CC1. The van der Waals surface area contributed by atoms with E-state index in [4.69, 9.17) is 9.47 Å². The van der Waals surface area contributed by atoms with E-state index >= 15 is 0 Å². The quantitative estimate of drug-likeness (QED) is 0.764. The van der Waals surface area contributed by atoms with Crippen LogP contribution in [0.25, 0.3) is 0 Å². The lowest BCUT2D eigenvalue weighted by atomic mass is 9.99. The summed E-state index contributed by atoms with van der Waals surface area (Å²) in [4.78, 5) is 16.9. The van der Waals surface area contributed by atoms with Crippen LogP contribution in [0.2, 0.25) is 0 Å². The zero-order valence-electron chi connectivity index (χ0n) is 17.5. The first kappa shape index (κ1) is 19.4. The Labute approximate surface area is 178 Å². The molecular weight excluding hydrogens is 376 g/mol. The zero-order valence-corrected chi connectivity index (χ0v) is 17.5. The fourth-order valence-corrected chi connectivity index (χ4v) is 4.88. The van der Waals surface area contributed by atoms with E-state index in [1.807, 2.05) is 24.3 Å². The van der Waals surface area contributed by atoms with Gasteiger partial charge in [0, 0.05) is 38.6 Å². The number of fused-ring (bicyclic) bond motifs is 1. The van der Waals surface area contributed by atoms with Crippen molar-refractivity contribution in [3.63, 3.8) is 0 Å². The second-order valence-corrected chi connectivity index (χ2v) is 8.66. The highest BCUT2D eigenvalue weighted by Gasteiger charge is 2.29. The molecule has 3 aliphatic heterocycles. The number of carbonyl (C=O) groups excluding carboxylic acids is 1. The number of rotatable bonds is 4. The molecule has 0 saturated carbocycles. The van der Waals surface area contributed by atoms with Crippen molar-refractivity contribution in [3.8, 4) is 11.5 Å². The van der Waals surface area contributed by atoms with E-state index < -0.39 is 0 Å². The van der Waals surface area contributed by atoms with Crippen LogP contribution in [0.5, 0.6) is 11.5 Å². The lowest BCUT2D eigenvalue weighted by Gasteiger charge is -2.40. The van der Waals surface area contributed by atoms with Gasteiger partial charge >= 0.3 is 0 Å². The number of carbonyl (C=O) groups is 1. The number of hydrogen-bond donors (Lipinski definition) is 0. The van der Waals surface area contributed by atoms with Gasteiger partial charge in [-0.05, 0) is 48.9 Å². The third kappa shape index (κ3) is 4.17. The molecule has 2 saturated heterocycles. The minimum atomic E-state index is -0.0632. The maximum absolute atomic E-state index is 12.2. The number of piperidine rings is 2. The summed E-state index contributed by atoms with van der Waals surface area (Å²) in [6, 6.07) is 17.0. The molecule has 2 fully saturated rings. The number of benzene rings is 2. The Hall–Kier alpha value is -2.53. The van der Waals surface area contributed by atoms with E-state index in [1.54, 1.807) is 0 Å². The fraction of sp³-hybridized carbons (Fsp3) is 0.480. The first-order valence-corrected chi connectivity index (χ1v) is 11.3. The number of para-hydroxylation sites is 2. The number of ether oxygens (including phenoxy) is 2. The monoisotopic (exact) mass is 406 g/mol. The highest BCUT2D eigenvalue weighted by molar-refractivity contribution is 5.77. The lowest BCUT2D eigenvalue weighted by molar-refractivity contribution is -0.136. The molecule has 30 heavy (non-hydrogen) atoms. The maximum Gasteiger partial charge on any atom is 0.222 e. The number of amides is 1. The van der Waals surface area contributed by atoms with Crippen molar-refractivity contribution in [3.05, 3.63) is 59.7 Å². The van der Waals surface area contributed by atoms with Crippen LogP contribution in [-0.4, -0.2) is 48.0 Å². The van der Waals surface area contributed by atoms with Crippen LogP contribution in [0.3, 0.4) is 0 Å². The molecule has 0 radical (unpaired) electrons. The van der Waals surface area contributed by atoms with Gasteiger partial charge in [-0.25, -0.2) is 0 Å². The summed E-state index contributed by atoms with van der Waals surface area (Å²) in [5, 5.41) is 0. The van der Waals surface area contributed by atoms with Gasteiger partial charge in [-0.2, -0.15) is 0 Å². The normalized spacial score (nSPS) is 22.9. The Morgan fingerprint density at radius 1 is 0.900 bits per heavy atom. The maximum atomic E-state index is 12.2. The molecular formula is C25H30N2O3. The molecule has 1 amide bonds. The van der Waals surface area contributed by atoms with Crippen molar-refractivity contribution in [1.82, 2.24) is 9.80 Å². The zero-order chi connectivity index (χ0) is 20.3. The summed E-state index contributed by atoms with van der Waals surface area (Å²) in [5.41, 5.74) is 2.47. The predicted molar refractivity (Wildman–Crippen MR) is 116 cm³/mol. The molecule has 5 rings (SSSR count). The highest BCUT2D eigenvalue weighted by Crippen LogP contribution is 2.36. The van der Waals surface area contributed by atoms with Gasteiger partial charge in [0.2, 0.25) is 5.91 Å². The summed E-state index contributed by atoms with van der Waals surface area (Å²) < 4.78 is 12.0. The number of hydrogen-bond acceptors (Lipinski definition) is 4. The predicted octanol–water partition coefficient (Wildman–Crippen LogP) is 4.18. The van der Waals surface area contributed by atoms with Gasteiger partial charge in [-0.15, -0.1) is 0 Å². The van der Waals surface area contributed by atoms with Gasteiger partial charge in [0.25, 0.3) is 0 Å². The van der Waals surface area contributed by atoms with E-state index in [0.717, 1.165) is 68.9 Å². The molecule has 3 heterocycles. The van der Waals surface area contributed by atoms with Crippen LogP contribution in [0.1, 0.15) is 49.3 Å². The molecule has 0 spiro atoms. The smallest absolute Gasteiger partial charge is 0.222 e. The van der Waals surface area contributed by atoms with Gasteiger partial charge in [0.1, 0.15) is 6.61 Å². The number of nitrogens with zero attached hydrogens (tertiary/aromatic N) is 2. The molecule has 158 valence electrons. The molecule has 0 aliphatic carbocycles. The standard InChI is InChI=1S/C25H30N2O3/c28-25-7-3-4-14-27(25)21-12-15-26(16-13-21)17-19-8-10-20(11-9-19)24-18-29-22-5-1-2-6-23(22)30-24/h1-2,5-6,8-11,21,24H,3-4,7,12-18H2. The highest BCUT2D eigenvalue weighted by atomic mass is 16.6. The molecule has 5 heteroatoms. The molecule has 1 unspecified atom stereocenters. The average Bonchev–Trinajstić information content (AvgIpc) is 2.80. The largest absolute Gasteiger partial charge is 0.485 e. The van der Waals surface area contributed by atoms with Crippen LogP contribution in [0, 0.1) is 0 Å². The minimum absolute atomic E-state index is 0.0632. The van der Waals surface area contributed by atoms with E-state index in [2.05, 4.69) is 34.1 Å². The third-order valence-corrected chi connectivity index (χ3v) is 6.62. The van der Waals surface area contributed by atoms with Crippen LogP contribution in [-0.2, 0) is 11.3 Å². The van der Waals surface area contributed by atoms with Crippen molar-refractivity contribution in [2.24, 2.45) is 0 Å². The van der Waals surface area contributed by atoms with Crippen LogP contribution in [0.4, 0.5) is 0 Å². The van der Waals surface area contributed by atoms with E-state index in [1.165, 1.54) is 12.0 Å². The second kappa shape index (κ2) is 8.68. The molecule has 3 aliphatic rings. The molecule has 0 N–H and O–H groups in total. The van der Waals surface area contributed by atoms with Crippen LogP contribution in [0.15, 0.2) is 48.5 Å². The van der Waals surface area contributed by atoms with Crippen LogP contribution < -0.4 is 9.47 Å². The second-order valence-electron chi connectivity index (χ2n) is 8.66. The summed E-state index contributed by atoms with van der Waals surface area (Å²) in [5.74, 6) is 2.00. The van der Waals surface area contributed by atoms with Crippen LogP contribution >= 0.6 is 0 Å². The summed E-state index contributed by atoms with van der Waals surface area (Å²) >= 11 is 0. The summed E-state index contributed by atoms with van der Waals surface area (Å²) in [7, 11) is 0. The first-order chi connectivity index (χ1) is 14.8. The Balaban J connectivity index is 1.14. The summed E-state index contributed by atoms with van der Waals surface area (Å²) in [6.07, 6.45) is 5.10. The van der Waals surface area contributed by atoms with Gasteiger partial charge in [0.15, 0.2) is 17.6 Å². The van der Waals surface area contributed by atoms with E-state index in [-0.39, 0.29) is 6.10 Å². The van der Waals surface area contributed by atoms with E-state index in [9.17, 15) is 4.79 Å². The van der Waals surface area contributed by atoms with Crippen molar-refractivity contribution in [2.45, 2.75) is 50.8 Å². The Bertz CT molecular complexity index is 874. The Kier molecular flexibility index (Phi) is 5.63. The summed E-state index contributed by atoms with van der Waals surface area (Å²) in [6.45, 7) is 4.59. The Morgan fingerprint density at radius 3 is 2.43 bits per heavy atom. The lowest BCUT2D eigenvalue weighted by Crippen LogP contribution is -2.48. The van der Waals surface area contributed by atoms with Crippen molar-refractivity contribution in [2.75, 3.05) is 26.2 Å². The van der Waals surface area contributed by atoms with Gasteiger partial charge in [-0.3, -0.25) is 9.69 Å². The molecule has 1 atom stereocenters. The molecule has 0 aromatic heterocycles. The fourth-order valence-electron chi connectivity index (χ4n) is 4.88. The first-order valence-electron chi connectivity index (χ1n) is 11.3. The van der Waals surface area contributed by atoms with Gasteiger partial charge in [-0.1, -0.05) is 36.4 Å². The number of likely N-dealkylation sites (tertiary alicyclic amines) is 2. The van der Waals surface area contributed by atoms with Gasteiger partial charge < -0.3 is 14.4 Å². The molecule has 2 aromatic rings. The minimum Gasteiger partial charge on any atom is -0.485 e. The molecule has 2 aromatic carbocycles. The molecule has 0 bridgehead atoms. The topological polar surface area (TPSA) is 42.0 Å². The average molecular weight is 407 g/mol. The van der Waals surface area contributed by atoms with Crippen molar-refractivity contribution >= 4 is 5.91 Å². The van der Waals surface area contributed by atoms with Crippen molar-refractivity contribution in [1.29, 1.82) is 0 Å².